The van der Waals surface area contributed by atoms with Crippen LogP contribution >= 0.6 is 11.3 Å². The molecule has 0 spiro atoms. The van der Waals surface area contributed by atoms with Crippen LogP contribution in [0.3, 0.4) is 0 Å². The lowest BCUT2D eigenvalue weighted by atomic mass is 10.1. The Hall–Kier alpha value is -3.36. The van der Waals surface area contributed by atoms with Gasteiger partial charge in [0.05, 0.1) is 30.9 Å². The maximum absolute atomic E-state index is 12.4. The number of amides is 1. The van der Waals surface area contributed by atoms with E-state index < -0.39 is 0 Å². The Labute approximate surface area is 183 Å². The van der Waals surface area contributed by atoms with Crippen LogP contribution < -0.4 is 10.6 Å². The number of thiazole rings is 1. The van der Waals surface area contributed by atoms with Gasteiger partial charge in [-0.2, -0.15) is 10.2 Å². The van der Waals surface area contributed by atoms with Gasteiger partial charge in [0.15, 0.2) is 11.0 Å². The summed E-state index contributed by atoms with van der Waals surface area (Å²) in [6.07, 6.45) is 2.69. The quantitative estimate of drug-likeness (QED) is 0.509. The molecule has 3 aromatic heterocycles. The van der Waals surface area contributed by atoms with Gasteiger partial charge in [0, 0.05) is 11.8 Å². The van der Waals surface area contributed by atoms with Crippen LogP contribution in [-0.4, -0.2) is 44.0 Å². The van der Waals surface area contributed by atoms with Crippen molar-refractivity contribution in [3.63, 3.8) is 0 Å². The van der Waals surface area contributed by atoms with Crippen molar-refractivity contribution in [2.24, 2.45) is 0 Å². The molecule has 0 saturated carbocycles. The molecule has 4 rings (SSSR count). The number of carbonyl (C=O) groups is 1. The van der Waals surface area contributed by atoms with Gasteiger partial charge in [0.2, 0.25) is 5.89 Å². The van der Waals surface area contributed by atoms with Gasteiger partial charge >= 0.3 is 0 Å². The predicted molar refractivity (Wildman–Crippen MR) is 114 cm³/mol. The third kappa shape index (κ3) is 5.04. The third-order valence-corrected chi connectivity index (χ3v) is 5.70. The van der Waals surface area contributed by atoms with Crippen LogP contribution in [0, 0.1) is 11.3 Å². The van der Waals surface area contributed by atoms with Crippen molar-refractivity contribution in [1.29, 1.82) is 5.26 Å². The number of nitrogens with one attached hydrogen (secondary N) is 2. The predicted octanol–water partition coefficient (Wildman–Crippen LogP) is 2.82. The first-order valence-electron chi connectivity index (χ1n) is 10.1. The highest BCUT2D eigenvalue weighted by Crippen LogP contribution is 2.31. The lowest BCUT2D eigenvalue weighted by Crippen LogP contribution is -2.24. The molecule has 0 aliphatic carbocycles. The smallest absolute Gasteiger partial charge is 0.271 e. The second-order valence-electron chi connectivity index (χ2n) is 7.04. The van der Waals surface area contributed by atoms with Crippen molar-refractivity contribution in [3.8, 4) is 6.07 Å². The van der Waals surface area contributed by atoms with Gasteiger partial charge in [0.1, 0.15) is 11.5 Å². The van der Waals surface area contributed by atoms with Crippen LogP contribution in [0.1, 0.15) is 53.7 Å². The number of pyridine rings is 1. The fourth-order valence-corrected chi connectivity index (χ4v) is 4.15. The summed E-state index contributed by atoms with van der Waals surface area (Å²) < 4.78 is 5.03. The minimum atomic E-state index is -0.313. The van der Waals surface area contributed by atoms with E-state index >= 15 is 0 Å². The molecular weight excluding hydrogens is 416 g/mol. The van der Waals surface area contributed by atoms with E-state index in [-0.39, 0.29) is 18.5 Å². The fourth-order valence-electron chi connectivity index (χ4n) is 3.45. The van der Waals surface area contributed by atoms with Crippen molar-refractivity contribution in [2.45, 2.75) is 38.8 Å². The zero-order valence-electron chi connectivity index (χ0n) is 17.0. The summed E-state index contributed by atoms with van der Waals surface area (Å²) in [5.41, 5.74) is 1.23. The molecule has 10 nitrogen and oxygen atoms in total. The third-order valence-electron chi connectivity index (χ3n) is 4.94. The minimum absolute atomic E-state index is 0.150. The first-order valence-corrected chi connectivity index (χ1v) is 10.9. The molecule has 0 bridgehead atoms. The van der Waals surface area contributed by atoms with E-state index in [1.807, 2.05) is 25.1 Å². The van der Waals surface area contributed by atoms with E-state index in [2.05, 4.69) is 36.7 Å². The molecule has 1 aliphatic rings. The van der Waals surface area contributed by atoms with Gasteiger partial charge in [-0.3, -0.25) is 9.69 Å². The Balaban J connectivity index is 1.37. The topological polar surface area (TPSA) is 133 Å². The average molecular weight is 439 g/mol. The summed E-state index contributed by atoms with van der Waals surface area (Å²) in [4.78, 5) is 27.7. The number of carbonyl (C=O) groups excluding carboxylic acids is 1. The van der Waals surface area contributed by atoms with Gasteiger partial charge in [-0.25, -0.2) is 9.97 Å². The van der Waals surface area contributed by atoms with E-state index in [4.69, 9.17) is 14.8 Å². The molecule has 1 saturated heterocycles. The zero-order valence-corrected chi connectivity index (χ0v) is 17.9. The van der Waals surface area contributed by atoms with Crippen LogP contribution in [0.25, 0.3) is 0 Å². The van der Waals surface area contributed by atoms with E-state index in [0.717, 1.165) is 25.1 Å². The Morgan fingerprint density at radius 1 is 1.39 bits per heavy atom. The lowest BCUT2D eigenvalue weighted by Gasteiger charge is -2.21. The molecule has 2 N–H and O–H groups in total. The Morgan fingerprint density at radius 3 is 3.10 bits per heavy atom. The van der Waals surface area contributed by atoms with Crippen LogP contribution in [0.15, 0.2) is 28.1 Å². The number of aryl methyl sites for hydroxylation is 1. The molecule has 160 valence electrons. The molecule has 31 heavy (non-hydrogen) atoms. The highest BCUT2D eigenvalue weighted by molar-refractivity contribution is 7.14. The number of hydrogen-bond acceptors (Lipinski definition) is 10. The molecule has 3 aromatic rings. The molecule has 11 heteroatoms. The molecular formula is C20H22N8O2S. The van der Waals surface area contributed by atoms with Crippen LogP contribution in [0.2, 0.25) is 0 Å². The maximum atomic E-state index is 12.4. The number of aromatic nitrogens is 4. The SMILES string of the molecule is CCc1nc(CNC(=O)c2csc(Nc3cccc(C4CCCN4CC#N)n3)n2)no1. The van der Waals surface area contributed by atoms with Gasteiger partial charge in [-0.05, 0) is 31.5 Å². The first kappa shape index (κ1) is 20.9. The van der Waals surface area contributed by atoms with Crippen molar-refractivity contribution in [3.05, 3.63) is 46.7 Å². The molecule has 0 aromatic carbocycles. The normalized spacial score (nSPS) is 16.2. The van der Waals surface area contributed by atoms with Gasteiger partial charge < -0.3 is 15.2 Å². The number of nitriles is 1. The zero-order chi connectivity index (χ0) is 21.6. The van der Waals surface area contributed by atoms with E-state index in [1.165, 1.54) is 11.3 Å². The maximum Gasteiger partial charge on any atom is 0.271 e. The molecule has 1 aliphatic heterocycles. The molecule has 1 fully saturated rings. The number of anilines is 2. The first-order chi connectivity index (χ1) is 15.2. The molecule has 1 atom stereocenters. The van der Waals surface area contributed by atoms with Crippen LogP contribution in [0.5, 0.6) is 0 Å². The van der Waals surface area contributed by atoms with E-state index in [0.29, 0.717) is 41.3 Å². The Morgan fingerprint density at radius 2 is 2.29 bits per heavy atom. The highest BCUT2D eigenvalue weighted by Gasteiger charge is 2.26. The molecule has 1 unspecified atom stereocenters. The van der Waals surface area contributed by atoms with Crippen molar-refractivity contribution < 1.29 is 9.32 Å². The van der Waals surface area contributed by atoms with Gasteiger partial charge in [-0.1, -0.05) is 18.1 Å². The molecule has 1 amide bonds. The molecule has 4 heterocycles. The highest BCUT2D eigenvalue weighted by atomic mass is 32.1. The van der Waals surface area contributed by atoms with Gasteiger partial charge in [-0.15, -0.1) is 11.3 Å². The number of hydrogen-bond donors (Lipinski definition) is 2. The minimum Gasteiger partial charge on any atom is -0.343 e. The summed E-state index contributed by atoms with van der Waals surface area (Å²) in [7, 11) is 0. The number of likely N-dealkylation sites (tertiary alicyclic amines) is 1. The lowest BCUT2D eigenvalue weighted by molar-refractivity contribution is 0.0945. The van der Waals surface area contributed by atoms with Crippen molar-refractivity contribution in [1.82, 2.24) is 30.3 Å². The second-order valence-corrected chi connectivity index (χ2v) is 7.90. The summed E-state index contributed by atoms with van der Waals surface area (Å²) >= 11 is 1.32. The summed E-state index contributed by atoms with van der Waals surface area (Å²) in [5, 5.41) is 21.0. The number of rotatable bonds is 8. The van der Waals surface area contributed by atoms with Gasteiger partial charge in [0.25, 0.3) is 5.91 Å². The van der Waals surface area contributed by atoms with Crippen molar-refractivity contribution in [2.75, 3.05) is 18.4 Å². The van der Waals surface area contributed by atoms with E-state index in [1.54, 1.807) is 5.38 Å². The summed E-state index contributed by atoms with van der Waals surface area (Å²) in [6.45, 7) is 3.40. The standard InChI is InChI=1S/C20H22N8O2S/c1-2-18-25-17(27-30-18)11-22-19(29)14-12-31-20(24-14)26-16-7-3-5-13(23-16)15-6-4-9-28(15)10-8-21/h3,5,7,12,15H,2,4,6,9-11H2,1H3,(H,22,29)(H,23,24,26). The monoisotopic (exact) mass is 438 g/mol. The molecule has 0 radical (unpaired) electrons. The average Bonchev–Trinajstić information content (AvgIpc) is 3.53. The fraction of sp³-hybridized carbons (Fsp3) is 0.400. The summed E-state index contributed by atoms with van der Waals surface area (Å²) in [6, 6.07) is 8.15. The van der Waals surface area contributed by atoms with E-state index in [9.17, 15) is 4.79 Å². The van der Waals surface area contributed by atoms with Crippen LogP contribution in [-0.2, 0) is 13.0 Å². The van der Waals surface area contributed by atoms with Crippen molar-refractivity contribution >= 4 is 28.2 Å². The Bertz CT molecular complexity index is 1090. The summed E-state index contributed by atoms with van der Waals surface area (Å²) in [5.74, 6) is 1.30. The Kier molecular flexibility index (Phi) is 6.49. The second kappa shape index (κ2) is 9.63. The number of nitrogens with zero attached hydrogens (tertiary/aromatic N) is 6. The van der Waals surface area contributed by atoms with Crippen LogP contribution in [0.4, 0.5) is 10.9 Å². The largest absolute Gasteiger partial charge is 0.343 e.